The van der Waals surface area contributed by atoms with Crippen molar-refractivity contribution >= 4 is 44.9 Å². The number of amides is 2. The molecule has 38 heavy (non-hydrogen) atoms. The molecule has 7 heteroatoms. The van der Waals surface area contributed by atoms with Crippen LogP contribution in [-0.2, 0) is 0 Å². The molecule has 2 heterocycles. The van der Waals surface area contributed by atoms with E-state index in [2.05, 4.69) is 10.2 Å². The van der Waals surface area contributed by atoms with Crippen LogP contribution in [0.4, 0.5) is 11.4 Å². The van der Waals surface area contributed by atoms with E-state index in [4.69, 9.17) is 9.15 Å². The molecule has 4 aromatic carbocycles. The van der Waals surface area contributed by atoms with Crippen molar-refractivity contribution in [2.75, 3.05) is 43.5 Å². The fourth-order valence-electron chi connectivity index (χ4n) is 4.93. The Bertz CT molecular complexity index is 1600. The van der Waals surface area contributed by atoms with Gasteiger partial charge in [-0.05, 0) is 59.3 Å². The molecule has 1 saturated heterocycles. The van der Waals surface area contributed by atoms with Gasteiger partial charge in [0.15, 0.2) is 5.76 Å². The largest absolute Gasteiger partial charge is 0.496 e. The Morgan fingerprint density at radius 3 is 2.13 bits per heavy atom. The first-order valence-electron chi connectivity index (χ1n) is 12.6. The molecule has 0 spiro atoms. The summed E-state index contributed by atoms with van der Waals surface area (Å²) < 4.78 is 11.2. The van der Waals surface area contributed by atoms with Crippen molar-refractivity contribution in [1.29, 1.82) is 0 Å². The van der Waals surface area contributed by atoms with Gasteiger partial charge in [0.1, 0.15) is 11.3 Å². The fraction of sp³-hybridized carbons (Fsp3) is 0.161. The third kappa shape index (κ3) is 4.54. The number of rotatable bonds is 5. The minimum Gasteiger partial charge on any atom is -0.496 e. The van der Waals surface area contributed by atoms with Crippen molar-refractivity contribution in [3.8, 4) is 5.75 Å². The predicted octanol–water partition coefficient (Wildman–Crippen LogP) is 5.81. The van der Waals surface area contributed by atoms with Crippen LogP contribution in [0.5, 0.6) is 5.75 Å². The summed E-state index contributed by atoms with van der Waals surface area (Å²) in [6, 6.07) is 28.8. The molecule has 0 radical (unpaired) electrons. The zero-order valence-electron chi connectivity index (χ0n) is 21.0. The summed E-state index contributed by atoms with van der Waals surface area (Å²) in [5.74, 6) is 0.608. The van der Waals surface area contributed by atoms with Crippen molar-refractivity contribution in [3.63, 3.8) is 0 Å². The Balaban J connectivity index is 1.09. The SMILES string of the molecule is COc1cc2ccccc2cc1C(=O)Nc1ccc(N2CCN(C(=O)c3cc4ccccc4o3)CC2)cc1. The molecule has 0 saturated carbocycles. The van der Waals surface area contributed by atoms with Crippen LogP contribution in [0.25, 0.3) is 21.7 Å². The molecule has 1 N–H and O–H groups in total. The van der Waals surface area contributed by atoms with E-state index in [1.165, 1.54) is 0 Å². The Labute approximate surface area is 220 Å². The number of fused-ring (bicyclic) bond motifs is 2. The maximum Gasteiger partial charge on any atom is 0.289 e. The number of nitrogens with one attached hydrogen (secondary N) is 1. The van der Waals surface area contributed by atoms with Crippen LogP contribution in [-0.4, -0.2) is 50.0 Å². The van der Waals surface area contributed by atoms with Crippen LogP contribution < -0.4 is 15.0 Å². The fourth-order valence-corrected chi connectivity index (χ4v) is 4.93. The minimum absolute atomic E-state index is 0.0805. The van der Waals surface area contributed by atoms with Gasteiger partial charge in [-0.25, -0.2) is 0 Å². The number of piperazine rings is 1. The first kappa shape index (κ1) is 23.6. The van der Waals surface area contributed by atoms with Crippen molar-refractivity contribution in [2.24, 2.45) is 0 Å². The first-order chi connectivity index (χ1) is 18.6. The number of methoxy groups -OCH3 is 1. The maximum atomic E-state index is 13.1. The van der Waals surface area contributed by atoms with E-state index in [1.807, 2.05) is 95.9 Å². The van der Waals surface area contributed by atoms with Crippen molar-refractivity contribution in [3.05, 3.63) is 102 Å². The number of nitrogens with zero attached hydrogens (tertiary/aromatic N) is 2. The van der Waals surface area contributed by atoms with Gasteiger partial charge in [0.05, 0.1) is 12.7 Å². The van der Waals surface area contributed by atoms with Gasteiger partial charge in [0.25, 0.3) is 11.8 Å². The summed E-state index contributed by atoms with van der Waals surface area (Å²) in [5, 5.41) is 5.91. The predicted molar refractivity (Wildman–Crippen MR) is 149 cm³/mol. The molecule has 190 valence electrons. The highest BCUT2D eigenvalue weighted by molar-refractivity contribution is 6.08. The lowest BCUT2D eigenvalue weighted by molar-refractivity contribution is 0.0717. The summed E-state index contributed by atoms with van der Waals surface area (Å²) in [4.78, 5) is 30.1. The van der Waals surface area contributed by atoms with E-state index in [9.17, 15) is 9.59 Å². The van der Waals surface area contributed by atoms with E-state index in [0.29, 0.717) is 48.9 Å². The average Bonchev–Trinajstić information content (AvgIpc) is 3.41. The molecular weight excluding hydrogens is 478 g/mol. The molecular formula is C31H27N3O4. The number of furan rings is 1. The van der Waals surface area contributed by atoms with Gasteiger partial charge in [-0.2, -0.15) is 0 Å². The Kier molecular flexibility index (Phi) is 6.17. The zero-order chi connectivity index (χ0) is 26.1. The summed E-state index contributed by atoms with van der Waals surface area (Å²) in [6.07, 6.45) is 0. The zero-order valence-corrected chi connectivity index (χ0v) is 21.0. The van der Waals surface area contributed by atoms with Crippen LogP contribution >= 0.6 is 0 Å². The van der Waals surface area contributed by atoms with E-state index in [1.54, 1.807) is 7.11 Å². The van der Waals surface area contributed by atoms with Crippen LogP contribution in [0, 0.1) is 0 Å². The summed E-state index contributed by atoms with van der Waals surface area (Å²) >= 11 is 0. The first-order valence-corrected chi connectivity index (χ1v) is 12.6. The smallest absolute Gasteiger partial charge is 0.289 e. The Morgan fingerprint density at radius 2 is 1.45 bits per heavy atom. The van der Waals surface area contributed by atoms with E-state index >= 15 is 0 Å². The van der Waals surface area contributed by atoms with Crippen LogP contribution in [0.15, 0.2) is 95.4 Å². The summed E-state index contributed by atoms with van der Waals surface area (Å²) in [7, 11) is 1.57. The highest BCUT2D eigenvalue weighted by atomic mass is 16.5. The van der Waals surface area contributed by atoms with E-state index in [-0.39, 0.29) is 11.8 Å². The van der Waals surface area contributed by atoms with Crippen LogP contribution in [0.1, 0.15) is 20.9 Å². The quantitative estimate of drug-likeness (QED) is 0.326. The van der Waals surface area contributed by atoms with E-state index < -0.39 is 0 Å². The highest BCUT2D eigenvalue weighted by Crippen LogP contribution is 2.28. The molecule has 6 rings (SSSR count). The standard InChI is InChI=1S/C31H27N3O4/c1-37-28-19-22-7-3-2-6-21(22)18-26(28)30(35)32-24-10-12-25(13-11-24)33-14-16-34(17-15-33)31(36)29-20-23-8-4-5-9-27(23)38-29/h2-13,18-20H,14-17H2,1H3,(H,32,35). The molecule has 5 aromatic rings. The molecule has 0 aliphatic carbocycles. The lowest BCUT2D eigenvalue weighted by Gasteiger charge is -2.35. The van der Waals surface area contributed by atoms with Gasteiger partial charge >= 0.3 is 0 Å². The molecule has 2 amide bonds. The lowest BCUT2D eigenvalue weighted by atomic mass is 10.1. The molecule has 1 aromatic heterocycles. The Morgan fingerprint density at radius 1 is 0.789 bits per heavy atom. The van der Waals surface area contributed by atoms with Gasteiger partial charge in [0, 0.05) is 42.9 Å². The number of para-hydroxylation sites is 1. The number of ether oxygens (including phenoxy) is 1. The summed E-state index contributed by atoms with van der Waals surface area (Å²) in [5.41, 5.74) is 2.95. The van der Waals surface area contributed by atoms with Crippen LogP contribution in [0.2, 0.25) is 0 Å². The highest BCUT2D eigenvalue weighted by Gasteiger charge is 2.25. The number of carbonyl (C=O) groups is 2. The van der Waals surface area contributed by atoms with Crippen molar-refractivity contribution in [2.45, 2.75) is 0 Å². The van der Waals surface area contributed by atoms with Gasteiger partial charge in [0.2, 0.25) is 0 Å². The van der Waals surface area contributed by atoms with Gasteiger partial charge in [-0.15, -0.1) is 0 Å². The normalized spacial score (nSPS) is 13.6. The molecule has 1 aliphatic rings. The molecule has 1 aliphatic heterocycles. The second-order valence-electron chi connectivity index (χ2n) is 9.33. The molecule has 1 fully saturated rings. The number of carbonyl (C=O) groups excluding carboxylic acids is 2. The third-order valence-corrected chi connectivity index (χ3v) is 7.01. The molecule has 0 bridgehead atoms. The lowest BCUT2D eigenvalue weighted by Crippen LogP contribution is -2.48. The topological polar surface area (TPSA) is 75.0 Å². The third-order valence-electron chi connectivity index (χ3n) is 7.01. The number of anilines is 2. The Hall–Kier alpha value is -4.78. The average molecular weight is 506 g/mol. The monoisotopic (exact) mass is 505 g/mol. The van der Waals surface area contributed by atoms with Gasteiger partial charge in [-0.3, -0.25) is 9.59 Å². The van der Waals surface area contributed by atoms with Crippen molar-refractivity contribution in [1.82, 2.24) is 4.90 Å². The second kappa shape index (κ2) is 9.94. The number of hydrogen-bond donors (Lipinski definition) is 1. The number of hydrogen-bond acceptors (Lipinski definition) is 5. The van der Waals surface area contributed by atoms with Crippen molar-refractivity contribution < 1.29 is 18.7 Å². The molecule has 0 unspecified atom stereocenters. The second-order valence-corrected chi connectivity index (χ2v) is 9.33. The van der Waals surface area contributed by atoms with Gasteiger partial charge < -0.3 is 24.3 Å². The summed E-state index contributed by atoms with van der Waals surface area (Å²) in [6.45, 7) is 2.64. The minimum atomic E-state index is -0.224. The number of benzene rings is 4. The molecule has 0 atom stereocenters. The molecule has 7 nitrogen and oxygen atoms in total. The van der Waals surface area contributed by atoms with Crippen LogP contribution in [0.3, 0.4) is 0 Å². The van der Waals surface area contributed by atoms with Gasteiger partial charge in [-0.1, -0.05) is 42.5 Å². The van der Waals surface area contributed by atoms with E-state index in [0.717, 1.165) is 27.4 Å². The maximum absolute atomic E-state index is 13.1.